The predicted molar refractivity (Wildman–Crippen MR) is 73.7 cm³/mol. The van der Waals surface area contributed by atoms with Crippen molar-refractivity contribution < 1.29 is 9.13 Å². The Balaban J connectivity index is 2.24. The molecule has 0 saturated carbocycles. The van der Waals surface area contributed by atoms with Crippen LogP contribution in [0.25, 0.3) is 0 Å². The minimum absolute atomic E-state index is 0.198. The molecule has 0 aliphatic heterocycles. The number of nitrogens with zero attached hydrogens (tertiary/aromatic N) is 2. The number of rotatable bonds is 4. The summed E-state index contributed by atoms with van der Waals surface area (Å²) in [5.41, 5.74) is 1.82. The van der Waals surface area contributed by atoms with E-state index in [0.717, 1.165) is 11.3 Å². The molecule has 1 aromatic heterocycles. The summed E-state index contributed by atoms with van der Waals surface area (Å²) in [4.78, 5) is 8.35. The molecule has 1 N–H and O–H groups in total. The van der Waals surface area contributed by atoms with Gasteiger partial charge in [0.25, 0.3) is 0 Å². The molecule has 0 unspecified atom stereocenters. The average molecular weight is 326 g/mol. The number of halogens is 2. The van der Waals surface area contributed by atoms with Crippen LogP contribution in [0.4, 0.5) is 4.39 Å². The standard InChI is InChI=1S/C13H13BrFN3O/c1-8-9(6-16-2)7-17-13(18-8)19-12-5-10(15)3-4-11(12)14/h3-5,7,16H,6H2,1-2H3. The van der Waals surface area contributed by atoms with E-state index in [1.807, 2.05) is 14.0 Å². The zero-order chi connectivity index (χ0) is 13.8. The van der Waals surface area contributed by atoms with Gasteiger partial charge in [0.15, 0.2) is 0 Å². The molecule has 0 atom stereocenters. The molecule has 0 aliphatic rings. The van der Waals surface area contributed by atoms with Crippen molar-refractivity contribution in [1.82, 2.24) is 15.3 Å². The number of hydrogen-bond donors (Lipinski definition) is 1. The summed E-state index contributed by atoms with van der Waals surface area (Å²) in [6.07, 6.45) is 1.70. The van der Waals surface area contributed by atoms with Gasteiger partial charge in [-0.3, -0.25) is 0 Å². The summed E-state index contributed by atoms with van der Waals surface area (Å²) in [6, 6.07) is 4.40. The first kappa shape index (κ1) is 13.9. The molecule has 0 bridgehead atoms. The Labute approximate surface area is 119 Å². The smallest absolute Gasteiger partial charge is 0.322 e. The molecule has 0 spiro atoms. The van der Waals surface area contributed by atoms with Crippen molar-refractivity contribution in [2.24, 2.45) is 0 Å². The van der Waals surface area contributed by atoms with Crippen molar-refractivity contribution in [1.29, 1.82) is 0 Å². The van der Waals surface area contributed by atoms with E-state index in [9.17, 15) is 4.39 Å². The highest BCUT2D eigenvalue weighted by Gasteiger charge is 2.08. The third kappa shape index (κ3) is 3.48. The Morgan fingerprint density at radius 2 is 2.21 bits per heavy atom. The highest BCUT2D eigenvalue weighted by molar-refractivity contribution is 9.10. The van der Waals surface area contributed by atoms with Crippen LogP contribution < -0.4 is 10.1 Å². The van der Waals surface area contributed by atoms with Gasteiger partial charge in [-0.2, -0.15) is 4.98 Å². The highest BCUT2D eigenvalue weighted by Crippen LogP contribution is 2.28. The molecule has 6 heteroatoms. The van der Waals surface area contributed by atoms with Crippen LogP contribution in [-0.4, -0.2) is 17.0 Å². The molecule has 0 saturated heterocycles. The average Bonchev–Trinajstić information content (AvgIpc) is 2.37. The second-order valence-corrected chi connectivity index (χ2v) is 4.82. The van der Waals surface area contributed by atoms with Crippen molar-refractivity contribution in [3.8, 4) is 11.8 Å². The fourth-order valence-corrected chi connectivity index (χ4v) is 1.87. The van der Waals surface area contributed by atoms with Crippen LogP contribution in [0.15, 0.2) is 28.9 Å². The molecular formula is C13H13BrFN3O. The molecule has 1 heterocycles. The van der Waals surface area contributed by atoms with Gasteiger partial charge in [-0.15, -0.1) is 0 Å². The largest absolute Gasteiger partial charge is 0.423 e. The van der Waals surface area contributed by atoms with Gasteiger partial charge in [0.05, 0.1) is 4.47 Å². The number of aromatic nitrogens is 2. The van der Waals surface area contributed by atoms with Crippen LogP contribution in [0.5, 0.6) is 11.8 Å². The minimum atomic E-state index is -0.373. The quantitative estimate of drug-likeness (QED) is 0.937. The van der Waals surface area contributed by atoms with Crippen molar-refractivity contribution >= 4 is 15.9 Å². The number of benzene rings is 1. The lowest BCUT2D eigenvalue weighted by Crippen LogP contribution is -2.08. The monoisotopic (exact) mass is 325 g/mol. The fraction of sp³-hybridized carbons (Fsp3) is 0.231. The summed E-state index contributed by atoms with van der Waals surface area (Å²) in [7, 11) is 1.85. The van der Waals surface area contributed by atoms with E-state index in [-0.39, 0.29) is 11.8 Å². The topological polar surface area (TPSA) is 47.0 Å². The van der Waals surface area contributed by atoms with Crippen LogP contribution in [0, 0.1) is 12.7 Å². The number of hydrogen-bond acceptors (Lipinski definition) is 4. The van der Waals surface area contributed by atoms with Crippen LogP contribution in [0.1, 0.15) is 11.3 Å². The van der Waals surface area contributed by atoms with Gasteiger partial charge in [0.1, 0.15) is 11.6 Å². The molecule has 19 heavy (non-hydrogen) atoms. The Bertz CT molecular complexity index is 592. The van der Waals surface area contributed by atoms with E-state index < -0.39 is 0 Å². The normalized spacial score (nSPS) is 10.5. The molecule has 0 aliphatic carbocycles. The maximum absolute atomic E-state index is 13.1. The van der Waals surface area contributed by atoms with E-state index in [1.165, 1.54) is 12.1 Å². The molecule has 2 aromatic rings. The minimum Gasteiger partial charge on any atom is -0.423 e. The Kier molecular flexibility index (Phi) is 4.44. The Morgan fingerprint density at radius 1 is 1.42 bits per heavy atom. The summed E-state index contributed by atoms with van der Waals surface area (Å²) in [5, 5.41) is 3.03. The van der Waals surface area contributed by atoms with Gasteiger partial charge in [-0.25, -0.2) is 9.37 Å². The lowest BCUT2D eigenvalue weighted by Gasteiger charge is -2.08. The lowest BCUT2D eigenvalue weighted by atomic mass is 10.2. The lowest BCUT2D eigenvalue weighted by molar-refractivity contribution is 0.432. The van der Waals surface area contributed by atoms with Crippen LogP contribution in [-0.2, 0) is 6.54 Å². The molecular weight excluding hydrogens is 313 g/mol. The van der Waals surface area contributed by atoms with Gasteiger partial charge in [-0.1, -0.05) is 0 Å². The zero-order valence-electron chi connectivity index (χ0n) is 10.6. The second kappa shape index (κ2) is 6.08. The zero-order valence-corrected chi connectivity index (χ0v) is 12.2. The first-order valence-corrected chi connectivity index (χ1v) is 6.49. The Hall–Kier alpha value is -1.53. The van der Waals surface area contributed by atoms with Crippen LogP contribution in [0.3, 0.4) is 0 Å². The molecule has 0 radical (unpaired) electrons. The van der Waals surface area contributed by atoms with E-state index in [0.29, 0.717) is 16.8 Å². The second-order valence-electron chi connectivity index (χ2n) is 3.97. The van der Waals surface area contributed by atoms with E-state index >= 15 is 0 Å². The van der Waals surface area contributed by atoms with Crippen molar-refractivity contribution in [2.75, 3.05) is 7.05 Å². The number of nitrogens with one attached hydrogen (secondary N) is 1. The maximum atomic E-state index is 13.1. The number of aryl methyl sites for hydroxylation is 1. The van der Waals surface area contributed by atoms with Crippen LogP contribution in [0.2, 0.25) is 0 Å². The SMILES string of the molecule is CNCc1cnc(Oc2cc(F)ccc2Br)nc1C. The highest BCUT2D eigenvalue weighted by atomic mass is 79.9. The van der Waals surface area contributed by atoms with Crippen LogP contribution >= 0.6 is 15.9 Å². The van der Waals surface area contributed by atoms with E-state index in [4.69, 9.17) is 4.74 Å². The molecule has 4 nitrogen and oxygen atoms in total. The summed E-state index contributed by atoms with van der Waals surface area (Å²) in [5.74, 6) is -0.0255. The van der Waals surface area contributed by atoms with Gasteiger partial charge in [-0.05, 0) is 42.0 Å². The van der Waals surface area contributed by atoms with Gasteiger partial charge >= 0.3 is 6.01 Å². The fourth-order valence-electron chi connectivity index (χ4n) is 1.54. The van der Waals surface area contributed by atoms with E-state index in [1.54, 1.807) is 12.3 Å². The van der Waals surface area contributed by atoms with E-state index in [2.05, 4.69) is 31.2 Å². The van der Waals surface area contributed by atoms with Crippen molar-refractivity contribution in [2.45, 2.75) is 13.5 Å². The first-order chi connectivity index (χ1) is 9.10. The van der Waals surface area contributed by atoms with Crippen molar-refractivity contribution in [3.05, 3.63) is 45.9 Å². The molecule has 1 aromatic carbocycles. The van der Waals surface area contributed by atoms with Gasteiger partial charge in [0, 0.05) is 30.1 Å². The molecule has 2 rings (SSSR count). The Morgan fingerprint density at radius 3 is 2.89 bits per heavy atom. The number of ether oxygens (including phenoxy) is 1. The first-order valence-electron chi connectivity index (χ1n) is 5.70. The predicted octanol–water partition coefficient (Wildman–Crippen LogP) is 3.20. The summed E-state index contributed by atoms with van der Waals surface area (Å²) >= 11 is 3.29. The summed E-state index contributed by atoms with van der Waals surface area (Å²) in [6.45, 7) is 2.57. The van der Waals surface area contributed by atoms with Crippen molar-refractivity contribution in [3.63, 3.8) is 0 Å². The maximum Gasteiger partial charge on any atom is 0.322 e. The van der Waals surface area contributed by atoms with Gasteiger partial charge in [0.2, 0.25) is 0 Å². The van der Waals surface area contributed by atoms with Gasteiger partial charge < -0.3 is 10.1 Å². The third-order valence-corrected chi connectivity index (χ3v) is 3.18. The molecule has 0 amide bonds. The summed E-state index contributed by atoms with van der Waals surface area (Å²) < 4.78 is 19.3. The molecule has 0 fully saturated rings. The molecule has 100 valence electrons. The third-order valence-electron chi connectivity index (χ3n) is 2.52.